The van der Waals surface area contributed by atoms with Crippen LogP contribution in [0.2, 0.25) is 0 Å². The van der Waals surface area contributed by atoms with E-state index in [1.807, 2.05) is 13.8 Å². The van der Waals surface area contributed by atoms with E-state index in [1.54, 1.807) is 6.92 Å². The van der Waals surface area contributed by atoms with Crippen LogP contribution in [0.3, 0.4) is 0 Å². The van der Waals surface area contributed by atoms with Gasteiger partial charge in [0.25, 0.3) is 0 Å². The lowest BCUT2D eigenvalue weighted by Gasteiger charge is -2.27. The van der Waals surface area contributed by atoms with E-state index in [2.05, 4.69) is 18.5 Å². The van der Waals surface area contributed by atoms with Crippen LogP contribution in [-0.2, 0) is 23.9 Å². The maximum Gasteiger partial charge on any atom is 0.329 e. The Bertz CT molecular complexity index is 545. The van der Waals surface area contributed by atoms with E-state index in [0.29, 0.717) is 6.42 Å². The normalized spacial score (nSPS) is 22.2. The second kappa shape index (κ2) is 11.6. The molecular formula is C21H33NO5. The molecule has 0 heterocycles. The minimum atomic E-state index is -0.702. The van der Waals surface area contributed by atoms with Crippen LogP contribution in [0.25, 0.3) is 0 Å². The Balaban J connectivity index is 2.81. The second-order valence-corrected chi connectivity index (χ2v) is 7.20. The summed E-state index contributed by atoms with van der Waals surface area (Å²) >= 11 is 0. The van der Waals surface area contributed by atoms with Crippen LogP contribution in [0.5, 0.6) is 0 Å². The molecule has 0 spiro atoms. The van der Waals surface area contributed by atoms with Gasteiger partial charge in [-0.3, -0.25) is 9.59 Å². The quantitative estimate of drug-likeness (QED) is 0.441. The van der Waals surface area contributed by atoms with Gasteiger partial charge in [-0.1, -0.05) is 58.9 Å². The summed E-state index contributed by atoms with van der Waals surface area (Å²) in [5, 5.41) is 2.87. The van der Waals surface area contributed by atoms with Gasteiger partial charge in [0.15, 0.2) is 0 Å². The highest BCUT2D eigenvalue weighted by Crippen LogP contribution is 2.38. The highest BCUT2D eigenvalue weighted by molar-refractivity contribution is 5.87. The number of esters is 2. The van der Waals surface area contributed by atoms with Crippen molar-refractivity contribution in [2.45, 2.75) is 52.5 Å². The van der Waals surface area contributed by atoms with E-state index in [4.69, 9.17) is 9.47 Å². The molecule has 1 fully saturated rings. The van der Waals surface area contributed by atoms with Crippen LogP contribution in [0.1, 0.15) is 46.5 Å². The molecule has 1 rings (SSSR count). The molecule has 5 unspecified atom stereocenters. The van der Waals surface area contributed by atoms with Crippen LogP contribution in [0.15, 0.2) is 25.3 Å². The van der Waals surface area contributed by atoms with E-state index < -0.39 is 12.0 Å². The number of ether oxygens (including phenoxy) is 2. The molecular weight excluding hydrogens is 346 g/mol. The largest absolute Gasteiger partial charge is 0.461 e. The Morgan fingerprint density at radius 2 is 1.67 bits per heavy atom. The SMILES string of the molecule is C=CCOC(=O)C(C)C1CCCC1C(=O)NC(C(=O)OCC=C)C(C)CC. The zero-order valence-corrected chi connectivity index (χ0v) is 16.7. The molecule has 0 saturated heterocycles. The summed E-state index contributed by atoms with van der Waals surface area (Å²) in [7, 11) is 0. The molecule has 0 radical (unpaired) electrons. The Kier molecular flexibility index (Phi) is 9.83. The molecule has 0 aromatic rings. The predicted octanol–water partition coefficient (Wildman–Crippen LogP) is 3.03. The molecule has 1 aliphatic carbocycles. The smallest absolute Gasteiger partial charge is 0.329 e. The van der Waals surface area contributed by atoms with Crippen LogP contribution in [0, 0.1) is 23.7 Å². The highest BCUT2D eigenvalue weighted by atomic mass is 16.5. The monoisotopic (exact) mass is 379 g/mol. The maximum atomic E-state index is 12.9. The van der Waals surface area contributed by atoms with Gasteiger partial charge in [0.2, 0.25) is 5.91 Å². The Hall–Kier alpha value is -2.11. The van der Waals surface area contributed by atoms with Crippen molar-refractivity contribution in [1.29, 1.82) is 0 Å². The summed E-state index contributed by atoms with van der Waals surface area (Å²) in [5.41, 5.74) is 0. The number of hydrogen-bond donors (Lipinski definition) is 1. The zero-order valence-electron chi connectivity index (χ0n) is 16.7. The van der Waals surface area contributed by atoms with Gasteiger partial charge in [0.05, 0.1) is 5.92 Å². The van der Waals surface area contributed by atoms with Gasteiger partial charge in [-0.25, -0.2) is 4.79 Å². The fraction of sp³-hybridized carbons (Fsp3) is 0.667. The Morgan fingerprint density at radius 3 is 2.22 bits per heavy atom. The number of hydrogen-bond acceptors (Lipinski definition) is 5. The lowest BCUT2D eigenvalue weighted by Crippen LogP contribution is -2.49. The summed E-state index contributed by atoms with van der Waals surface area (Å²) in [4.78, 5) is 37.4. The first-order valence-electron chi connectivity index (χ1n) is 9.72. The molecule has 5 atom stereocenters. The Morgan fingerprint density at radius 1 is 1.07 bits per heavy atom. The van der Waals surface area contributed by atoms with Crippen LogP contribution < -0.4 is 5.32 Å². The van der Waals surface area contributed by atoms with E-state index in [-0.39, 0.29) is 48.8 Å². The summed E-state index contributed by atoms with van der Waals surface area (Å²) < 4.78 is 10.3. The molecule has 1 N–H and O–H groups in total. The highest BCUT2D eigenvalue weighted by Gasteiger charge is 2.41. The van der Waals surface area contributed by atoms with Crippen LogP contribution >= 0.6 is 0 Å². The molecule has 152 valence electrons. The average Bonchev–Trinajstić information content (AvgIpc) is 3.16. The molecule has 1 saturated carbocycles. The van der Waals surface area contributed by atoms with E-state index in [1.165, 1.54) is 12.2 Å². The third-order valence-electron chi connectivity index (χ3n) is 5.37. The fourth-order valence-corrected chi connectivity index (χ4v) is 3.52. The van der Waals surface area contributed by atoms with Crippen LogP contribution in [0.4, 0.5) is 0 Å². The van der Waals surface area contributed by atoms with Gasteiger partial charge in [-0.2, -0.15) is 0 Å². The van der Waals surface area contributed by atoms with E-state index in [0.717, 1.165) is 19.3 Å². The predicted molar refractivity (Wildman–Crippen MR) is 104 cm³/mol. The molecule has 1 amide bonds. The second-order valence-electron chi connectivity index (χ2n) is 7.20. The van der Waals surface area contributed by atoms with Gasteiger partial charge in [-0.05, 0) is 24.7 Å². The van der Waals surface area contributed by atoms with Gasteiger partial charge < -0.3 is 14.8 Å². The summed E-state index contributed by atoms with van der Waals surface area (Å²) in [6, 6.07) is -0.702. The first-order valence-corrected chi connectivity index (χ1v) is 9.72. The lowest BCUT2D eigenvalue weighted by atomic mass is 9.84. The molecule has 0 aromatic heterocycles. The summed E-state index contributed by atoms with van der Waals surface area (Å²) in [6.45, 7) is 13.0. The van der Waals surface area contributed by atoms with Gasteiger partial charge >= 0.3 is 11.9 Å². The standard InChI is InChI=1S/C21H33NO5/c1-6-12-26-20(24)15(5)16-10-9-11-17(16)19(23)22-18(14(4)8-3)21(25)27-13-7-2/h6-7,14-18H,1-2,8-13H2,3-5H3,(H,22,23). The molecule has 0 aliphatic heterocycles. The number of carbonyl (C=O) groups excluding carboxylic acids is 3. The first-order chi connectivity index (χ1) is 12.9. The summed E-state index contributed by atoms with van der Waals surface area (Å²) in [6.07, 6.45) is 6.11. The third-order valence-corrected chi connectivity index (χ3v) is 5.37. The third kappa shape index (κ3) is 6.52. The number of carbonyl (C=O) groups is 3. The molecule has 1 aliphatic rings. The van der Waals surface area contributed by atoms with E-state index in [9.17, 15) is 14.4 Å². The van der Waals surface area contributed by atoms with Crippen LogP contribution in [-0.4, -0.2) is 37.1 Å². The average molecular weight is 379 g/mol. The topological polar surface area (TPSA) is 81.7 Å². The van der Waals surface area contributed by atoms with Crippen molar-refractivity contribution >= 4 is 17.8 Å². The van der Waals surface area contributed by atoms with Crippen molar-refractivity contribution < 1.29 is 23.9 Å². The van der Waals surface area contributed by atoms with Crippen molar-refractivity contribution in [2.24, 2.45) is 23.7 Å². The van der Waals surface area contributed by atoms with Gasteiger partial charge in [0, 0.05) is 5.92 Å². The molecule has 0 bridgehead atoms. The molecule has 0 aromatic carbocycles. The molecule has 6 nitrogen and oxygen atoms in total. The fourth-order valence-electron chi connectivity index (χ4n) is 3.52. The minimum Gasteiger partial charge on any atom is -0.461 e. The number of amides is 1. The minimum absolute atomic E-state index is 0.0545. The van der Waals surface area contributed by atoms with Crippen molar-refractivity contribution in [3.05, 3.63) is 25.3 Å². The summed E-state index contributed by atoms with van der Waals surface area (Å²) in [5.74, 6) is -1.80. The molecule has 27 heavy (non-hydrogen) atoms. The zero-order chi connectivity index (χ0) is 20.4. The number of rotatable bonds is 11. The lowest BCUT2D eigenvalue weighted by molar-refractivity contribution is -0.151. The van der Waals surface area contributed by atoms with Gasteiger partial charge in [0.1, 0.15) is 19.3 Å². The van der Waals surface area contributed by atoms with E-state index >= 15 is 0 Å². The Labute approximate surface area is 162 Å². The molecule has 6 heteroatoms. The first kappa shape index (κ1) is 22.9. The van der Waals surface area contributed by atoms with Gasteiger partial charge in [-0.15, -0.1) is 0 Å². The maximum absolute atomic E-state index is 12.9. The number of nitrogens with one attached hydrogen (secondary N) is 1. The van der Waals surface area contributed by atoms with Crippen molar-refractivity contribution in [3.8, 4) is 0 Å². The van der Waals surface area contributed by atoms with Crippen molar-refractivity contribution in [3.63, 3.8) is 0 Å². The van der Waals surface area contributed by atoms with Crippen molar-refractivity contribution in [2.75, 3.05) is 13.2 Å². The van der Waals surface area contributed by atoms with Crippen molar-refractivity contribution in [1.82, 2.24) is 5.32 Å².